The first kappa shape index (κ1) is 20.8. The van der Waals surface area contributed by atoms with Crippen molar-refractivity contribution in [2.75, 3.05) is 4.90 Å². The normalized spacial score (nSPS) is 18.1. The molecule has 1 N–H and O–H groups in total. The van der Waals surface area contributed by atoms with E-state index in [2.05, 4.69) is 4.98 Å². The fourth-order valence-electron chi connectivity index (χ4n) is 3.55. The molecule has 2 heterocycles. The van der Waals surface area contributed by atoms with Crippen molar-refractivity contribution in [1.29, 1.82) is 0 Å². The van der Waals surface area contributed by atoms with E-state index in [4.69, 9.17) is 4.74 Å². The van der Waals surface area contributed by atoms with Gasteiger partial charge in [-0.05, 0) is 50.6 Å². The second-order valence-corrected chi connectivity index (χ2v) is 8.46. The number of rotatable bonds is 5. The van der Waals surface area contributed by atoms with Crippen molar-refractivity contribution in [2.24, 2.45) is 0 Å². The average molecular weight is 435 g/mol. The van der Waals surface area contributed by atoms with Crippen LogP contribution in [0.5, 0.6) is 5.75 Å². The van der Waals surface area contributed by atoms with E-state index in [0.29, 0.717) is 16.4 Å². The van der Waals surface area contributed by atoms with E-state index in [1.165, 1.54) is 16.2 Å². The van der Waals surface area contributed by atoms with Crippen LogP contribution in [0.2, 0.25) is 0 Å². The third-order valence-electron chi connectivity index (χ3n) is 4.96. The number of ketones is 1. The van der Waals surface area contributed by atoms with Crippen LogP contribution >= 0.6 is 11.3 Å². The van der Waals surface area contributed by atoms with Gasteiger partial charge in [0.05, 0.1) is 17.7 Å². The Balaban J connectivity index is 1.84. The van der Waals surface area contributed by atoms with Gasteiger partial charge >= 0.3 is 5.91 Å². The molecule has 31 heavy (non-hydrogen) atoms. The van der Waals surface area contributed by atoms with E-state index in [9.17, 15) is 14.7 Å². The Morgan fingerprint density at radius 3 is 2.35 bits per heavy atom. The summed E-state index contributed by atoms with van der Waals surface area (Å²) in [7, 11) is 0. The number of carbonyl (C=O) groups is 2. The molecule has 158 valence electrons. The Morgan fingerprint density at radius 1 is 1.10 bits per heavy atom. The number of aromatic nitrogens is 1. The van der Waals surface area contributed by atoms with Crippen LogP contribution in [-0.4, -0.2) is 27.9 Å². The van der Waals surface area contributed by atoms with Crippen LogP contribution in [0.1, 0.15) is 36.6 Å². The van der Waals surface area contributed by atoms with E-state index in [-0.39, 0.29) is 17.4 Å². The molecule has 0 saturated carbocycles. The van der Waals surface area contributed by atoms with Gasteiger partial charge in [0, 0.05) is 17.1 Å². The van der Waals surface area contributed by atoms with Gasteiger partial charge in [-0.25, -0.2) is 4.98 Å². The highest BCUT2D eigenvalue weighted by Crippen LogP contribution is 2.42. The number of amides is 1. The molecule has 0 spiro atoms. The van der Waals surface area contributed by atoms with E-state index in [1.807, 2.05) is 45.0 Å². The summed E-state index contributed by atoms with van der Waals surface area (Å²) in [5, 5.41) is 13.3. The van der Waals surface area contributed by atoms with Crippen LogP contribution in [-0.2, 0) is 9.59 Å². The van der Waals surface area contributed by atoms with Crippen LogP contribution in [0, 0.1) is 6.92 Å². The Kier molecular flexibility index (Phi) is 5.61. The molecule has 1 aliphatic rings. The van der Waals surface area contributed by atoms with E-state index in [0.717, 1.165) is 11.1 Å². The quantitative estimate of drug-likeness (QED) is 0.352. The van der Waals surface area contributed by atoms with Gasteiger partial charge in [0.1, 0.15) is 11.5 Å². The Hall–Kier alpha value is -3.45. The van der Waals surface area contributed by atoms with E-state index >= 15 is 0 Å². The van der Waals surface area contributed by atoms with Gasteiger partial charge in [-0.15, -0.1) is 11.3 Å². The summed E-state index contributed by atoms with van der Waals surface area (Å²) in [6, 6.07) is 13.6. The number of thiazole rings is 1. The molecule has 1 saturated heterocycles. The number of hydrogen-bond donors (Lipinski definition) is 1. The lowest BCUT2D eigenvalue weighted by Gasteiger charge is -2.23. The van der Waals surface area contributed by atoms with Crippen molar-refractivity contribution in [3.63, 3.8) is 0 Å². The minimum Gasteiger partial charge on any atom is -0.507 e. The minimum absolute atomic E-state index is 0.0182. The second-order valence-electron chi connectivity index (χ2n) is 7.59. The van der Waals surface area contributed by atoms with Gasteiger partial charge in [0.25, 0.3) is 5.78 Å². The topological polar surface area (TPSA) is 79.7 Å². The molecular weight excluding hydrogens is 412 g/mol. The summed E-state index contributed by atoms with van der Waals surface area (Å²) in [5.41, 5.74) is 2.25. The Morgan fingerprint density at radius 2 is 1.77 bits per heavy atom. The summed E-state index contributed by atoms with van der Waals surface area (Å²) < 4.78 is 5.65. The molecule has 0 radical (unpaired) electrons. The first-order valence-corrected chi connectivity index (χ1v) is 10.8. The van der Waals surface area contributed by atoms with Gasteiger partial charge in [-0.3, -0.25) is 14.5 Å². The van der Waals surface area contributed by atoms with Crippen molar-refractivity contribution in [1.82, 2.24) is 4.98 Å². The first-order valence-electron chi connectivity index (χ1n) is 9.91. The summed E-state index contributed by atoms with van der Waals surface area (Å²) in [6.07, 6.45) is 1.60. The third kappa shape index (κ3) is 3.96. The Bertz CT molecular complexity index is 1130. The van der Waals surface area contributed by atoms with Crippen molar-refractivity contribution in [3.05, 3.63) is 82.4 Å². The molecular formula is C24H22N2O4S. The molecule has 0 unspecified atom stereocenters. The maximum Gasteiger partial charge on any atom is 0.301 e. The lowest BCUT2D eigenvalue weighted by atomic mass is 9.95. The molecule has 1 atom stereocenters. The third-order valence-corrected chi connectivity index (χ3v) is 5.73. The monoisotopic (exact) mass is 434 g/mol. The first-order chi connectivity index (χ1) is 14.9. The standard InChI is InChI=1S/C24H22N2O4S/c1-14(2)30-18-10-8-17(9-11-18)21(27)19-20(16-6-4-15(3)5-7-16)26(23(29)22(19)28)24-25-12-13-31-24/h4-14,20,27H,1-3H3/b21-19+/t20-/m0/s1. The van der Waals surface area contributed by atoms with E-state index < -0.39 is 17.7 Å². The maximum absolute atomic E-state index is 13.0. The minimum atomic E-state index is -0.765. The smallest absolute Gasteiger partial charge is 0.301 e. The largest absolute Gasteiger partial charge is 0.507 e. The van der Waals surface area contributed by atoms with Crippen molar-refractivity contribution in [3.8, 4) is 5.75 Å². The highest BCUT2D eigenvalue weighted by molar-refractivity contribution is 7.14. The predicted octanol–water partition coefficient (Wildman–Crippen LogP) is 4.87. The number of carbonyl (C=O) groups excluding carboxylic acids is 2. The van der Waals surface area contributed by atoms with Crippen LogP contribution in [0.3, 0.4) is 0 Å². The van der Waals surface area contributed by atoms with Crippen molar-refractivity contribution < 1.29 is 19.4 Å². The average Bonchev–Trinajstić information content (AvgIpc) is 3.35. The number of Topliss-reactive ketones (excluding diaryl/α,β-unsaturated/α-hetero) is 1. The van der Waals surface area contributed by atoms with Crippen LogP contribution in [0.15, 0.2) is 65.7 Å². The SMILES string of the molecule is Cc1ccc([C@H]2/C(=C(\O)c3ccc(OC(C)C)cc3)C(=O)C(=O)N2c2nccs2)cc1. The number of hydrogen-bond acceptors (Lipinski definition) is 6. The van der Waals surface area contributed by atoms with Crippen LogP contribution in [0.4, 0.5) is 5.13 Å². The van der Waals surface area contributed by atoms with Gasteiger partial charge < -0.3 is 9.84 Å². The zero-order valence-electron chi connectivity index (χ0n) is 17.4. The fourth-order valence-corrected chi connectivity index (χ4v) is 4.21. The van der Waals surface area contributed by atoms with Crippen LogP contribution < -0.4 is 9.64 Å². The number of benzene rings is 2. The number of ether oxygens (including phenoxy) is 1. The molecule has 1 aliphatic heterocycles. The second kappa shape index (κ2) is 8.35. The zero-order valence-corrected chi connectivity index (χ0v) is 18.2. The molecule has 7 heteroatoms. The summed E-state index contributed by atoms with van der Waals surface area (Å²) in [4.78, 5) is 31.6. The van der Waals surface area contributed by atoms with Crippen molar-refractivity contribution in [2.45, 2.75) is 32.9 Å². The molecule has 2 aromatic carbocycles. The number of anilines is 1. The summed E-state index contributed by atoms with van der Waals surface area (Å²) >= 11 is 1.27. The lowest BCUT2D eigenvalue weighted by Crippen LogP contribution is -2.29. The van der Waals surface area contributed by atoms with E-state index in [1.54, 1.807) is 35.8 Å². The predicted molar refractivity (Wildman–Crippen MR) is 120 cm³/mol. The molecule has 3 aromatic rings. The molecule has 1 amide bonds. The number of nitrogens with zero attached hydrogens (tertiary/aromatic N) is 2. The van der Waals surface area contributed by atoms with Crippen LogP contribution in [0.25, 0.3) is 5.76 Å². The number of aliphatic hydroxyl groups excluding tert-OH is 1. The highest BCUT2D eigenvalue weighted by atomic mass is 32.1. The van der Waals surface area contributed by atoms with Crippen molar-refractivity contribution >= 4 is 33.9 Å². The van der Waals surface area contributed by atoms with Gasteiger partial charge in [0.2, 0.25) is 0 Å². The summed E-state index contributed by atoms with van der Waals surface area (Å²) in [6.45, 7) is 5.81. The zero-order chi connectivity index (χ0) is 22.1. The van der Waals surface area contributed by atoms with Gasteiger partial charge in [0.15, 0.2) is 5.13 Å². The fraction of sp³-hybridized carbons (Fsp3) is 0.208. The molecule has 0 bridgehead atoms. The molecule has 4 rings (SSSR count). The number of aliphatic hydroxyl groups is 1. The molecule has 6 nitrogen and oxygen atoms in total. The van der Waals surface area contributed by atoms with Gasteiger partial charge in [-0.1, -0.05) is 29.8 Å². The van der Waals surface area contributed by atoms with Gasteiger partial charge in [-0.2, -0.15) is 0 Å². The molecule has 1 fully saturated rings. The number of aryl methyl sites for hydroxylation is 1. The molecule has 0 aliphatic carbocycles. The highest BCUT2D eigenvalue weighted by Gasteiger charge is 2.47. The maximum atomic E-state index is 13.0. The summed E-state index contributed by atoms with van der Waals surface area (Å²) in [5.74, 6) is -1.01. The Labute approximate surface area is 184 Å². The molecule has 1 aromatic heterocycles. The lowest BCUT2D eigenvalue weighted by molar-refractivity contribution is -0.132.